The molecule has 0 unspecified atom stereocenters. The molecule has 1 aromatic heterocycles. The summed E-state index contributed by atoms with van der Waals surface area (Å²) in [5, 5.41) is 0. The van der Waals surface area contributed by atoms with Crippen LogP contribution in [-0.4, -0.2) is 6.54 Å². The van der Waals surface area contributed by atoms with Crippen molar-refractivity contribution >= 4 is 17.4 Å². The molecular formula is C9H13NS. The van der Waals surface area contributed by atoms with Crippen LogP contribution >= 0.6 is 11.3 Å². The number of hydrogen-bond acceptors (Lipinski definition) is 2. The van der Waals surface area contributed by atoms with Crippen molar-refractivity contribution in [2.24, 2.45) is 5.73 Å². The highest BCUT2D eigenvalue weighted by molar-refractivity contribution is 7.12. The van der Waals surface area contributed by atoms with E-state index >= 15 is 0 Å². The van der Waals surface area contributed by atoms with Crippen molar-refractivity contribution in [2.75, 3.05) is 6.54 Å². The highest BCUT2D eigenvalue weighted by atomic mass is 32.1. The van der Waals surface area contributed by atoms with Gasteiger partial charge in [-0.2, -0.15) is 0 Å². The fourth-order valence-corrected chi connectivity index (χ4v) is 1.74. The minimum atomic E-state index is 0.624. The Bertz CT molecular complexity index is 237. The monoisotopic (exact) mass is 167 g/mol. The molecule has 1 rings (SSSR count). The van der Waals surface area contributed by atoms with Crippen LogP contribution in [0.5, 0.6) is 0 Å². The van der Waals surface area contributed by atoms with Gasteiger partial charge in [0.15, 0.2) is 0 Å². The van der Waals surface area contributed by atoms with E-state index in [4.69, 9.17) is 5.73 Å². The molecule has 0 fully saturated rings. The highest BCUT2D eigenvalue weighted by Crippen LogP contribution is 2.17. The second kappa shape index (κ2) is 4.31. The number of hydrogen-bond donors (Lipinski definition) is 1. The maximum Gasteiger partial charge on any atom is 0.0270 e. The predicted octanol–water partition coefficient (Wildman–Crippen LogP) is 2.28. The Morgan fingerprint density at radius 2 is 2.36 bits per heavy atom. The molecule has 60 valence electrons. The molecule has 1 nitrogen and oxygen atoms in total. The molecule has 0 saturated heterocycles. The maximum absolute atomic E-state index is 5.33. The number of nitrogens with two attached hydrogens (primary N) is 1. The van der Waals surface area contributed by atoms with Gasteiger partial charge < -0.3 is 5.73 Å². The molecule has 0 aliphatic carbocycles. The van der Waals surface area contributed by atoms with Crippen LogP contribution in [0.1, 0.15) is 16.7 Å². The number of rotatable bonds is 3. The van der Waals surface area contributed by atoms with Crippen molar-refractivity contribution in [1.82, 2.24) is 0 Å². The van der Waals surface area contributed by atoms with Crippen LogP contribution in [0.3, 0.4) is 0 Å². The zero-order chi connectivity index (χ0) is 8.10. The Kier molecular flexibility index (Phi) is 3.33. The number of aryl methyl sites for hydroxylation is 1. The van der Waals surface area contributed by atoms with E-state index in [-0.39, 0.29) is 0 Å². The van der Waals surface area contributed by atoms with Gasteiger partial charge in [-0.05, 0) is 24.6 Å². The Morgan fingerprint density at radius 1 is 1.55 bits per heavy atom. The summed E-state index contributed by atoms with van der Waals surface area (Å²) in [6.07, 6.45) is 5.18. The summed E-state index contributed by atoms with van der Waals surface area (Å²) >= 11 is 1.83. The lowest BCUT2D eigenvalue weighted by molar-refractivity contribution is 1.19. The van der Waals surface area contributed by atoms with Crippen molar-refractivity contribution in [3.63, 3.8) is 0 Å². The molecule has 1 heterocycles. The molecule has 11 heavy (non-hydrogen) atoms. The van der Waals surface area contributed by atoms with Crippen molar-refractivity contribution in [3.8, 4) is 0 Å². The van der Waals surface area contributed by atoms with E-state index in [0.717, 1.165) is 6.42 Å². The standard InChI is InChI=1S/C9H13NS/c1-2-8-5-6-9(11-8)4-3-7-10/h3-6H,2,7,10H2,1H3. The minimum Gasteiger partial charge on any atom is -0.327 e. The average molecular weight is 167 g/mol. The summed E-state index contributed by atoms with van der Waals surface area (Å²) in [7, 11) is 0. The molecule has 0 bridgehead atoms. The first-order valence-electron chi connectivity index (χ1n) is 3.82. The Morgan fingerprint density at radius 3 is 2.91 bits per heavy atom. The summed E-state index contributed by atoms with van der Waals surface area (Å²) < 4.78 is 0. The van der Waals surface area contributed by atoms with Gasteiger partial charge in [-0.3, -0.25) is 0 Å². The Hall–Kier alpha value is -0.600. The molecule has 2 heteroatoms. The van der Waals surface area contributed by atoms with E-state index in [0.29, 0.717) is 6.54 Å². The maximum atomic E-state index is 5.33. The van der Waals surface area contributed by atoms with Crippen molar-refractivity contribution in [3.05, 3.63) is 28.0 Å². The third kappa shape index (κ3) is 2.48. The van der Waals surface area contributed by atoms with Gasteiger partial charge in [0.05, 0.1) is 0 Å². The molecule has 0 aliphatic heterocycles. The van der Waals surface area contributed by atoms with E-state index < -0.39 is 0 Å². The van der Waals surface area contributed by atoms with Crippen LogP contribution in [0.4, 0.5) is 0 Å². The molecule has 0 amide bonds. The van der Waals surface area contributed by atoms with Crippen LogP contribution in [-0.2, 0) is 6.42 Å². The summed E-state index contributed by atoms with van der Waals surface area (Å²) in [5.41, 5.74) is 5.33. The normalized spacial score (nSPS) is 11.1. The summed E-state index contributed by atoms with van der Waals surface area (Å²) in [4.78, 5) is 2.73. The molecule has 0 aromatic carbocycles. The molecular weight excluding hydrogens is 154 g/mol. The van der Waals surface area contributed by atoms with Crippen LogP contribution in [0.2, 0.25) is 0 Å². The van der Waals surface area contributed by atoms with Gasteiger partial charge in [0.1, 0.15) is 0 Å². The first-order valence-corrected chi connectivity index (χ1v) is 4.63. The minimum absolute atomic E-state index is 0.624. The lowest BCUT2D eigenvalue weighted by Gasteiger charge is -1.83. The molecule has 1 aromatic rings. The van der Waals surface area contributed by atoms with Gasteiger partial charge in [-0.25, -0.2) is 0 Å². The van der Waals surface area contributed by atoms with E-state index in [9.17, 15) is 0 Å². The lowest BCUT2D eigenvalue weighted by atomic mass is 10.3. The predicted molar refractivity (Wildman–Crippen MR) is 51.8 cm³/mol. The molecule has 0 spiro atoms. The lowest BCUT2D eigenvalue weighted by Crippen LogP contribution is -1.91. The van der Waals surface area contributed by atoms with Gasteiger partial charge in [-0.1, -0.05) is 13.0 Å². The third-order valence-corrected chi connectivity index (χ3v) is 2.64. The summed E-state index contributed by atoms with van der Waals surface area (Å²) in [6, 6.07) is 4.30. The van der Waals surface area contributed by atoms with E-state index in [1.54, 1.807) is 0 Å². The van der Waals surface area contributed by atoms with Gasteiger partial charge in [0.2, 0.25) is 0 Å². The SMILES string of the molecule is CCc1ccc(C=CCN)s1. The first-order chi connectivity index (χ1) is 5.36. The molecule has 0 radical (unpaired) electrons. The molecule has 0 saturated carbocycles. The molecule has 2 N–H and O–H groups in total. The summed E-state index contributed by atoms with van der Waals surface area (Å²) in [6.45, 7) is 2.79. The second-order valence-electron chi connectivity index (χ2n) is 2.30. The van der Waals surface area contributed by atoms with Crippen LogP contribution < -0.4 is 5.73 Å². The fraction of sp³-hybridized carbons (Fsp3) is 0.333. The van der Waals surface area contributed by atoms with Crippen molar-refractivity contribution in [2.45, 2.75) is 13.3 Å². The fourth-order valence-electron chi connectivity index (χ4n) is 0.858. The summed E-state index contributed by atoms with van der Waals surface area (Å²) in [5.74, 6) is 0. The van der Waals surface area contributed by atoms with Crippen molar-refractivity contribution in [1.29, 1.82) is 0 Å². The van der Waals surface area contributed by atoms with Crippen molar-refractivity contribution < 1.29 is 0 Å². The Balaban J connectivity index is 2.65. The Labute approximate surface area is 71.5 Å². The zero-order valence-corrected chi connectivity index (χ0v) is 7.53. The second-order valence-corrected chi connectivity index (χ2v) is 3.50. The highest BCUT2D eigenvalue weighted by Gasteiger charge is 1.92. The average Bonchev–Trinajstić information content (AvgIpc) is 2.48. The molecule has 0 atom stereocenters. The zero-order valence-electron chi connectivity index (χ0n) is 6.71. The number of thiophene rings is 1. The van der Waals surface area contributed by atoms with E-state index in [1.807, 2.05) is 17.4 Å². The van der Waals surface area contributed by atoms with Crippen LogP contribution in [0.15, 0.2) is 18.2 Å². The van der Waals surface area contributed by atoms with Gasteiger partial charge in [-0.15, -0.1) is 11.3 Å². The third-order valence-electron chi connectivity index (χ3n) is 1.45. The van der Waals surface area contributed by atoms with Crippen LogP contribution in [0.25, 0.3) is 6.08 Å². The first kappa shape index (κ1) is 8.50. The van der Waals surface area contributed by atoms with E-state index in [2.05, 4.69) is 25.1 Å². The molecule has 0 aliphatic rings. The van der Waals surface area contributed by atoms with Crippen LogP contribution in [0, 0.1) is 0 Å². The topological polar surface area (TPSA) is 26.0 Å². The van der Waals surface area contributed by atoms with Gasteiger partial charge >= 0.3 is 0 Å². The largest absolute Gasteiger partial charge is 0.327 e. The quantitative estimate of drug-likeness (QED) is 0.734. The van der Waals surface area contributed by atoms with Gasteiger partial charge in [0, 0.05) is 16.3 Å². The van der Waals surface area contributed by atoms with Gasteiger partial charge in [0.25, 0.3) is 0 Å². The van der Waals surface area contributed by atoms with E-state index in [1.165, 1.54) is 9.75 Å². The smallest absolute Gasteiger partial charge is 0.0270 e.